The maximum absolute atomic E-state index is 6.17. The third kappa shape index (κ3) is 3.91. The summed E-state index contributed by atoms with van der Waals surface area (Å²) >= 11 is 19.6. The molecule has 0 bridgehead atoms. The Morgan fingerprint density at radius 1 is 1.25 bits per heavy atom. The maximum atomic E-state index is 6.17. The molecule has 3 nitrogen and oxygen atoms in total. The summed E-state index contributed by atoms with van der Waals surface area (Å²) in [5.74, 6) is 1.67. The normalized spacial score (nSPS) is 17.0. The van der Waals surface area contributed by atoms with Crippen LogP contribution in [0.1, 0.15) is 10.9 Å². The Labute approximate surface area is 161 Å². The van der Waals surface area contributed by atoms with Crippen LogP contribution in [-0.4, -0.2) is 29.4 Å². The molecule has 1 heterocycles. The van der Waals surface area contributed by atoms with Crippen molar-refractivity contribution >= 4 is 58.0 Å². The van der Waals surface area contributed by atoms with Crippen LogP contribution in [0.5, 0.6) is 5.75 Å². The minimum atomic E-state index is 0.191. The highest BCUT2D eigenvalue weighted by Gasteiger charge is 2.28. The van der Waals surface area contributed by atoms with E-state index in [0.29, 0.717) is 15.9 Å². The van der Waals surface area contributed by atoms with Crippen LogP contribution in [0.3, 0.4) is 0 Å². The summed E-state index contributed by atoms with van der Waals surface area (Å²) in [5, 5.41) is 5.43. The number of hydrogen-bond acceptors (Lipinski definition) is 3. The second-order valence-electron chi connectivity index (χ2n) is 5.25. The highest BCUT2D eigenvalue weighted by molar-refractivity contribution is 7.99. The number of ether oxygens (including phenoxy) is 1. The third-order valence-electron chi connectivity index (χ3n) is 3.71. The minimum Gasteiger partial charge on any atom is -0.495 e. The van der Waals surface area contributed by atoms with Gasteiger partial charge in [-0.05, 0) is 48.1 Å². The Hall–Kier alpha value is -1.14. The first-order valence-corrected chi connectivity index (χ1v) is 9.58. The van der Waals surface area contributed by atoms with Gasteiger partial charge in [-0.25, -0.2) is 0 Å². The van der Waals surface area contributed by atoms with E-state index in [-0.39, 0.29) is 5.37 Å². The Morgan fingerprint density at radius 3 is 2.67 bits per heavy atom. The van der Waals surface area contributed by atoms with Crippen LogP contribution in [0.25, 0.3) is 0 Å². The lowest BCUT2D eigenvalue weighted by Gasteiger charge is -2.27. The molecule has 0 amide bonds. The van der Waals surface area contributed by atoms with Gasteiger partial charge in [-0.1, -0.05) is 35.3 Å². The van der Waals surface area contributed by atoms with Crippen LogP contribution in [0, 0.1) is 0 Å². The van der Waals surface area contributed by atoms with Crippen molar-refractivity contribution in [2.24, 2.45) is 0 Å². The van der Waals surface area contributed by atoms with E-state index in [9.17, 15) is 0 Å². The van der Waals surface area contributed by atoms with Gasteiger partial charge in [0.2, 0.25) is 0 Å². The van der Waals surface area contributed by atoms with E-state index in [1.54, 1.807) is 7.11 Å². The Balaban J connectivity index is 1.74. The molecule has 2 aromatic carbocycles. The van der Waals surface area contributed by atoms with Gasteiger partial charge >= 0.3 is 0 Å². The fraction of sp³-hybridized carbons (Fsp3) is 0.235. The zero-order valence-electron chi connectivity index (χ0n) is 13.0. The van der Waals surface area contributed by atoms with Gasteiger partial charge in [0.25, 0.3) is 0 Å². The molecule has 3 rings (SSSR count). The van der Waals surface area contributed by atoms with Crippen molar-refractivity contribution in [3.8, 4) is 5.75 Å². The van der Waals surface area contributed by atoms with Crippen molar-refractivity contribution in [3.63, 3.8) is 0 Å². The number of anilines is 1. The van der Waals surface area contributed by atoms with E-state index in [4.69, 9.17) is 40.2 Å². The molecule has 0 spiro atoms. The first-order valence-electron chi connectivity index (χ1n) is 7.36. The average molecular weight is 399 g/mol. The Morgan fingerprint density at radius 2 is 2.00 bits per heavy atom. The predicted octanol–water partition coefficient (Wildman–Crippen LogP) is 5.45. The number of nitrogens with zero attached hydrogens (tertiary/aromatic N) is 1. The van der Waals surface area contributed by atoms with Crippen molar-refractivity contribution in [2.45, 2.75) is 5.37 Å². The van der Waals surface area contributed by atoms with Gasteiger partial charge < -0.3 is 15.0 Å². The third-order valence-corrected chi connectivity index (χ3v) is 5.85. The van der Waals surface area contributed by atoms with Gasteiger partial charge in [-0.2, -0.15) is 0 Å². The first kappa shape index (κ1) is 17.7. The van der Waals surface area contributed by atoms with Gasteiger partial charge in [0.1, 0.15) is 11.1 Å². The molecular weight excluding hydrogens is 383 g/mol. The second-order valence-corrected chi connectivity index (χ2v) is 7.67. The van der Waals surface area contributed by atoms with Crippen molar-refractivity contribution in [1.29, 1.82) is 0 Å². The van der Waals surface area contributed by atoms with E-state index >= 15 is 0 Å². The summed E-state index contributed by atoms with van der Waals surface area (Å²) in [6, 6.07) is 13.4. The molecule has 0 radical (unpaired) electrons. The summed E-state index contributed by atoms with van der Waals surface area (Å²) < 4.78 is 5.17. The lowest BCUT2D eigenvalue weighted by Crippen LogP contribution is -2.34. The van der Waals surface area contributed by atoms with Crippen molar-refractivity contribution < 1.29 is 4.74 Å². The maximum Gasteiger partial charge on any atom is 0.174 e. The van der Waals surface area contributed by atoms with Gasteiger partial charge in [0.15, 0.2) is 5.11 Å². The minimum absolute atomic E-state index is 0.191. The average Bonchev–Trinajstić information content (AvgIpc) is 3.05. The molecular formula is C17H16Cl2N2OS2. The molecule has 0 unspecified atom stereocenters. The lowest BCUT2D eigenvalue weighted by molar-refractivity contribution is 0.415. The Kier molecular flexibility index (Phi) is 5.76. The molecule has 1 fully saturated rings. The fourth-order valence-electron chi connectivity index (χ4n) is 2.52. The molecule has 2 aromatic rings. The number of benzene rings is 2. The smallest absolute Gasteiger partial charge is 0.174 e. The SMILES string of the molecule is COc1ccc(NC(=S)N2CCS[C@H]2c2ccc(Cl)cc2)cc1Cl. The van der Waals surface area contributed by atoms with Crippen LogP contribution in [0.2, 0.25) is 10.0 Å². The zero-order chi connectivity index (χ0) is 17.1. The molecule has 0 saturated carbocycles. The van der Waals surface area contributed by atoms with Crippen molar-refractivity contribution in [1.82, 2.24) is 4.90 Å². The number of rotatable bonds is 3. The summed E-state index contributed by atoms with van der Waals surface area (Å²) in [6.45, 7) is 0.897. The van der Waals surface area contributed by atoms with Crippen LogP contribution in [-0.2, 0) is 0 Å². The summed E-state index contributed by atoms with van der Waals surface area (Å²) in [6.07, 6.45) is 0. The van der Waals surface area contributed by atoms with Crippen LogP contribution in [0.15, 0.2) is 42.5 Å². The van der Waals surface area contributed by atoms with Gasteiger partial charge in [-0.3, -0.25) is 0 Å². The molecule has 1 atom stereocenters. The van der Waals surface area contributed by atoms with E-state index < -0.39 is 0 Å². The van der Waals surface area contributed by atoms with Gasteiger partial charge in [-0.15, -0.1) is 11.8 Å². The first-order chi connectivity index (χ1) is 11.6. The van der Waals surface area contributed by atoms with Crippen LogP contribution in [0.4, 0.5) is 5.69 Å². The standard InChI is InChI=1S/C17H16Cl2N2OS2/c1-22-15-7-6-13(10-14(15)19)20-17(23)21-8-9-24-16(21)11-2-4-12(18)5-3-11/h2-7,10,16H,8-9H2,1H3,(H,20,23)/t16-/m0/s1. The van der Waals surface area contributed by atoms with E-state index in [2.05, 4.69) is 10.2 Å². The second kappa shape index (κ2) is 7.83. The molecule has 1 aliphatic rings. The summed E-state index contributed by atoms with van der Waals surface area (Å²) in [7, 11) is 1.59. The topological polar surface area (TPSA) is 24.5 Å². The molecule has 1 aliphatic heterocycles. The monoisotopic (exact) mass is 398 g/mol. The van der Waals surface area contributed by atoms with Crippen LogP contribution >= 0.6 is 47.2 Å². The largest absolute Gasteiger partial charge is 0.495 e. The quantitative estimate of drug-likeness (QED) is 0.693. The zero-order valence-corrected chi connectivity index (χ0v) is 16.1. The molecule has 7 heteroatoms. The number of hydrogen-bond donors (Lipinski definition) is 1. The van der Waals surface area contributed by atoms with Crippen molar-refractivity contribution in [2.75, 3.05) is 24.7 Å². The number of thiocarbonyl (C=S) groups is 1. The molecule has 126 valence electrons. The Bertz CT molecular complexity index is 740. The highest BCUT2D eigenvalue weighted by atomic mass is 35.5. The lowest BCUT2D eigenvalue weighted by atomic mass is 10.2. The van der Waals surface area contributed by atoms with E-state index in [1.165, 1.54) is 5.56 Å². The van der Waals surface area contributed by atoms with E-state index in [0.717, 1.165) is 23.0 Å². The van der Waals surface area contributed by atoms with Crippen LogP contribution < -0.4 is 10.1 Å². The molecule has 24 heavy (non-hydrogen) atoms. The summed E-state index contributed by atoms with van der Waals surface area (Å²) in [5.41, 5.74) is 2.04. The molecule has 1 saturated heterocycles. The number of nitrogens with one attached hydrogen (secondary N) is 1. The fourth-order valence-corrected chi connectivity index (χ4v) is 4.55. The van der Waals surface area contributed by atoms with Gasteiger partial charge in [0, 0.05) is 23.0 Å². The van der Waals surface area contributed by atoms with Crippen molar-refractivity contribution in [3.05, 3.63) is 58.1 Å². The molecule has 1 N–H and O–H groups in total. The number of thioether (sulfide) groups is 1. The highest BCUT2D eigenvalue weighted by Crippen LogP contribution is 2.38. The molecule has 0 aromatic heterocycles. The summed E-state index contributed by atoms with van der Waals surface area (Å²) in [4.78, 5) is 2.18. The molecule has 0 aliphatic carbocycles. The van der Waals surface area contributed by atoms with Gasteiger partial charge in [0.05, 0.1) is 12.1 Å². The van der Waals surface area contributed by atoms with E-state index in [1.807, 2.05) is 54.2 Å². The number of halogens is 2. The number of methoxy groups -OCH3 is 1. The predicted molar refractivity (Wildman–Crippen MR) is 108 cm³/mol.